The number of rotatable bonds is 17. The highest BCUT2D eigenvalue weighted by molar-refractivity contribution is 5.82. The summed E-state index contributed by atoms with van der Waals surface area (Å²) in [6.07, 6.45) is 16.3. The molecule has 174 valence electrons. The molecule has 0 aromatic heterocycles. The zero-order chi connectivity index (χ0) is 22.7. The zero-order valence-electron chi connectivity index (χ0n) is 19.7. The predicted molar refractivity (Wildman–Crippen MR) is 134 cm³/mol. The standard InChI is InChI=1S/C28H40N2O2/c1-2-3-4-5-6-7-8-9-10-11-15-18-28(31)30-29-23-25-19-21-27(22-20-25)32-24-26-16-13-12-14-17-26/h12-14,16-17,19-23H,2-11,15,18,24H2,1H3,(H,30,31)/b29-23+. The number of hydrogen-bond donors (Lipinski definition) is 1. The van der Waals surface area contributed by atoms with E-state index in [2.05, 4.69) is 17.5 Å². The second-order valence-corrected chi connectivity index (χ2v) is 8.42. The van der Waals surface area contributed by atoms with Crippen molar-refractivity contribution >= 4 is 12.1 Å². The number of amides is 1. The zero-order valence-corrected chi connectivity index (χ0v) is 19.7. The van der Waals surface area contributed by atoms with Crippen molar-refractivity contribution in [3.63, 3.8) is 0 Å². The van der Waals surface area contributed by atoms with E-state index in [9.17, 15) is 4.79 Å². The first kappa shape index (κ1) is 25.6. The van der Waals surface area contributed by atoms with Crippen LogP contribution < -0.4 is 10.2 Å². The highest BCUT2D eigenvalue weighted by atomic mass is 16.5. The number of nitrogens with one attached hydrogen (secondary N) is 1. The van der Waals surface area contributed by atoms with Crippen molar-refractivity contribution in [2.75, 3.05) is 0 Å². The van der Waals surface area contributed by atoms with Crippen LogP contribution in [0.4, 0.5) is 0 Å². The van der Waals surface area contributed by atoms with E-state index in [0.717, 1.165) is 29.7 Å². The van der Waals surface area contributed by atoms with Crippen LogP contribution in [0.5, 0.6) is 5.75 Å². The van der Waals surface area contributed by atoms with Gasteiger partial charge in [0.15, 0.2) is 0 Å². The molecule has 0 aliphatic heterocycles. The Morgan fingerprint density at radius 2 is 1.41 bits per heavy atom. The van der Waals surface area contributed by atoms with Crippen LogP contribution in [0.25, 0.3) is 0 Å². The lowest BCUT2D eigenvalue weighted by Crippen LogP contribution is -2.16. The molecule has 0 atom stereocenters. The molecule has 2 aromatic carbocycles. The van der Waals surface area contributed by atoms with Crippen LogP contribution in [0.1, 0.15) is 95.1 Å². The lowest BCUT2D eigenvalue weighted by Gasteiger charge is -2.06. The number of carbonyl (C=O) groups is 1. The van der Waals surface area contributed by atoms with E-state index < -0.39 is 0 Å². The van der Waals surface area contributed by atoms with Crippen LogP contribution in [0.3, 0.4) is 0 Å². The first-order valence-electron chi connectivity index (χ1n) is 12.4. The number of hydrogen-bond acceptors (Lipinski definition) is 3. The Hall–Kier alpha value is -2.62. The first-order chi connectivity index (χ1) is 15.8. The topological polar surface area (TPSA) is 50.7 Å². The molecule has 0 saturated heterocycles. The van der Waals surface area contributed by atoms with E-state index in [1.807, 2.05) is 54.6 Å². The molecule has 1 N–H and O–H groups in total. The normalized spacial score (nSPS) is 11.0. The second kappa shape index (κ2) is 17.0. The van der Waals surface area contributed by atoms with Crippen molar-refractivity contribution in [2.45, 2.75) is 90.6 Å². The molecule has 0 aliphatic carbocycles. The van der Waals surface area contributed by atoms with Crippen molar-refractivity contribution in [1.82, 2.24) is 5.43 Å². The summed E-state index contributed by atoms with van der Waals surface area (Å²) in [5, 5.41) is 4.07. The Balaban J connectivity index is 1.49. The average Bonchev–Trinajstić information content (AvgIpc) is 2.83. The fourth-order valence-corrected chi connectivity index (χ4v) is 3.58. The van der Waals surface area contributed by atoms with Crippen molar-refractivity contribution in [3.8, 4) is 5.75 Å². The first-order valence-corrected chi connectivity index (χ1v) is 12.4. The highest BCUT2D eigenvalue weighted by Crippen LogP contribution is 2.14. The number of benzene rings is 2. The van der Waals surface area contributed by atoms with Crippen molar-refractivity contribution in [2.24, 2.45) is 5.10 Å². The van der Waals surface area contributed by atoms with E-state index in [1.165, 1.54) is 57.8 Å². The maximum Gasteiger partial charge on any atom is 0.240 e. The summed E-state index contributed by atoms with van der Waals surface area (Å²) in [7, 11) is 0. The molecule has 0 saturated carbocycles. The molecule has 0 heterocycles. The van der Waals surface area contributed by atoms with Crippen LogP contribution in [-0.2, 0) is 11.4 Å². The molecule has 0 unspecified atom stereocenters. The van der Waals surface area contributed by atoms with Crippen LogP contribution in [0.15, 0.2) is 59.7 Å². The Labute approximate surface area is 194 Å². The molecule has 2 rings (SSSR count). The van der Waals surface area contributed by atoms with Gasteiger partial charge in [-0.25, -0.2) is 5.43 Å². The largest absolute Gasteiger partial charge is 0.489 e. The summed E-state index contributed by atoms with van der Waals surface area (Å²) in [6, 6.07) is 17.8. The van der Waals surface area contributed by atoms with Gasteiger partial charge in [-0.1, -0.05) is 101 Å². The molecule has 0 spiro atoms. The summed E-state index contributed by atoms with van der Waals surface area (Å²) >= 11 is 0. The molecular formula is C28H40N2O2. The maximum absolute atomic E-state index is 11.9. The van der Waals surface area contributed by atoms with Crippen molar-refractivity contribution in [3.05, 3.63) is 65.7 Å². The molecular weight excluding hydrogens is 396 g/mol. The van der Waals surface area contributed by atoms with Gasteiger partial charge in [0.1, 0.15) is 12.4 Å². The van der Waals surface area contributed by atoms with Crippen LogP contribution in [0, 0.1) is 0 Å². The lowest BCUT2D eigenvalue weighted by atomic mass is 10.1. The molecule has 0 aliphatic rings. The Kier molecular flexibility index (Phi) is 13.6. The van der Waals surface area contributed by atoms with Crippen molar-refractivity contribution in [1.29, 1.82) is 0 Å². The summed E-state index contributed by atoms with van der Waals surface area (Å²) in [6.45, 7) is 2.80. The van der Waals surface area contributed by atoms with E-state index >= 15 is 0 Å². The minimum Gasteiger partial charge on any atom is -0.489 e. The third-order valence-corrected chi connectivity index (χ3v) is 5.54. The number of unbranched alkanes of at least 4 members (excludes halogenated alkanes) is 10. The van der Waals surface area contributed by atoms with Gasteiger partial charge in [-0.15, -0.1) is 0 Å². The average molecular weight is 437 g/mol. The molecule has 0 fully saturated rings. The smallest absolute Gasteiger partial charge is 0.240 e. The van der Waals surface area contributed by atoms with E-state index in [-0.39, 0.29) is 5.91 Å². The van der Waals surface area contributed by atoms with Gasteiger partial charge in [-0.2, -0.15) is 5.10 Å². The van der Waals surface area contributed by atoms with E-state index in [0.29, 0.717) is 13.0 Å². The minimum absolute atomic E-state index is 0.0139. The van der Waals surface area contributed by atoms with E-state index in [4.69, 9.17) is 4.74 Å². The molecule has 4 heteroatoms. The van der Waals surface area contributed by atoms with Crippen molar-refractivity contribution < 1.29 is 9.53 Å². The van der Waals surface area contributed by atoms with Crippen LogP contribution in [-0.4, -0.2) is 12.1 Å². The molecule has 0 bridgehead atoms. The summed E-state index contributed by atoms with van der Waals surface area (Å²) in [5.41, 5.74) is 4.69. The summed E-state index contributed by atoms with van der Waals surface area (Å²) < 4.78 is 5.78. The van der Waals surface area contributed by atoms with Crippen LogP contribution >= 0.6 is 0 Å². The fourth-order valence-electron chi connectivity index (χ4n) is 3.58. The number of carbonyl (C=O) groups excluding carboxylic acids is 1. The van der Waals surface area contributed by atoms with Gasteiger partial charge in [-0.3, -0.25) is 4.79 Å². The SMILES string of the molecule is CCCCCCCCCCCCCC(=O)N/N=C/c1ccc(OCc2ccccc2)cc1. The number of hydrazone groups is 1. The van der Waals surface area contributed by atoms with Gasteiger partial charge in [0.2, 0.25) is 5.91 Å². The third kappa shape index (κ3) is 12.3. The van der Waals surface area contributed by atoms with Gasteiger partial charge in [0.05, 0.1) is 6.21 Å². The Morgan fingerprint density at radius 3 is 2.03 bits per heavy atom. The summed E-state index contributed by atoms with van der Waals surface area (Å²) in [5.74, 6) is 0.798. The second-order valence-electron chi connectivity index (χ2n) is 8.42. The summed E-state index contributed by atoms with van der Waals surface area (Å²) in [4.78, 5) is 11.9. The number of nitrogens with zero attached hydrogens (tertiary/aromatic N) is 1. The Bertz CT molecular complexity index is 757. The quantitative estimate of drug-likeness (QED) is 0.159. The fraction of sp³-hybridized carbons (Fsp3) is 0.500. The van der Waals surface area contributed by atoms with E-state index in [1.54, 1.807) is 6.21 Å². The van der Waals surface area contributed by atoms with Crippen LogP contribution in [0.2, 0.25) is 0 Å². The van der Waals surface area contributed by atoms with Gasteiger partial charge in [0.25, 0.3) is 0 Å². The monoisotopic (exact) mass is 436 g/mol. The van der Waals surface area contributed by atoms with Gasteiger partial charge in [0, 0.05) is 6.42 Å². The molecule has 2 aromatic rings. The minimum atomic E-state index is -0.0139. The van der Waals surface area contributed by atoms with Gasteiger partial charge in [-0.05, 0) is 41.8 Å². The predicted octanol–water partition coefficient (Wildman–Crippen LogP) is 7.42. The Morgan fingerprint density at radius 1 is 0.812 bits per heavy atom. The maximum atomic E-state index is 11.9. The lowest BCUT2D eigenvalue weighted by molar-refractivity contribution is -0.121. The molecule has 1 amide bonds. The molecule has 4 nitrogen and oxygen atoms in total. The molecule has 0 radical (unpaired) electrons. The van der Waals surface area contributed by atoms with Gasteiger partial charge >= 0.3 is 0 Å². The highest BCUT2D eigenvalue weighted by Gasteiger charge is 2.00. The third-order valence-electron chi connectivity index (χ3n) is 5.54. The molecule has 32 heavy (non-hydrogen) atoms. The number of ether oxygens (including phenoxy) is 1. The van der Waals surface area contributed by atoms with Gasteiger partial charge < -0.3 is 4.74 Å².